The van der Waals surface area contributed by atoms with E-state index in [-0.39, 0.29) is 24.6 Å². The van der Waals surface area contributed by atoms with Crippen molar-refractivity contribution >= 4 is 23.8 Å². The first-order chi connectivity index (χ1) is 12.6. The minimum absolute atomic E-state index is 0.0524. The Hall–Kier alpha value is -2.90. The molecule has 0 radical (unpaired) electrons. The van der Waals surface area contributed by atoms with Crippen molar-refractivity contribution in [2.75, 3.05) is 6.61 Å². The summed E-state index contributed by atoms with van der Waals surface area (Å²) >= 11 is 0. The predicted octanol–water partition coefficient (Wildman–Crippen LogP) is 3.98. The third-order valence-corrected chi connectivity index (χ3v) is 3.24. The minimum Gasteiger partial charge on any atom is -0.466 e. The molecular formula is C19H26N2O6. The van der Waals surface area contributed by atoms with Crippen LogP contribution in [-0.4, -0.2) is 29.2 Å². The van der Waals surface area contributed by atoms with Gasteiger partial charge in [0.2, 0.25) is 0 Å². The summed E-state index contributed by atoms with van der Waals surface area (Å²) in [7, 11) is 0. The lowest BCUT2D eigenvalue weighted by Crippen LogP contribution is -2.32. The third-order valence-electron chi connectivity index (χ3n) is 3.24. The number of nitro groups is 1. The normalized spacial score (nSPS) is 11.3. The molecule has 0 aliphatic carbocycles. The molecule has 8 heteroatoms. The number of hydrogen-bond acceptors (Lipinski definition) is 6. The van der Waals surface area contributed by atoms with E-state index in [1.165, 1.54) is 6.07 Å². The number of benzene rings is 1. The lowest BCUT2D eigenvalue weighted by molar-refractivity contribution is -0.385. The third kappa shape index (κ3) is 8.84. The van der Waals surface area contributed by atoms with Crippen LogP contribution >= 0.6 is 0 Å². The Balaban J connectivity index is 2.77. The van der Waals surface area contributed by atoms with Crippen molar-refractivity contribution in [2.24, 2.45) is 0 Å². The molecule has 0 saturated carbocycles. The van der Waals surface area contributed by atoms with Crippen LogP contribution in [-0.2, 0) is 20.8 Å². The van der Waals surface area contributed by atoms with Crippen molar-refractivity contribution in [1.82, 2.24) is 5.32 Å². The fourth-order valence-electron chi connectivity index (χ4n) is 2.15. The second kappa shape index (κ2) is 10.3. The van der Waals surface area contributed by atoms with Crippen LogP contribution in [0.25, 0.3) is 6.08 Å². The van der Waals surface area contributed by atoms with Crippen molar-refractivity contribution in [2.45, 2.75) is 52.7 Å². The number of nitrogens with zero attached hydrogens (tertiary/aromatic N) is 1. The van der Waals surface area contributed by atoms with E-state index in [2.05, 4.69) is 5.32 Å². The maximum absolute atomic E-state index is 11.7. The first kappa shape index (κ1) is 22.1. The van der Waals surface area contributed by atoms with Crippen LogP contribution in [0.1, 0.15) is 51.7 Å². The first-order valence-corrected chi connectivity index (χ1v) is 8.68. The van der Waals surface area contributed by atoms with Crippen LogP contribution in [0.15, 0.2) is 24.3 Å². The summed E-state index contributed by atoms with van der Waals surface area (Å²) in [5, 5.41) is 13.8. The maximum Gasteiger partial charge on any atom is 0.407 e. The zero-order chi connectivity index (χ0) is 20.4. The molecule has 0 aliphatic rings. The fourth-order valence-corrected chi connectivity index (χ4v) is 2.15. The number of carbonyl (C=O) groups is 2. The van der Waals surface area contributed by atoms with Crippen molar-refractivity contribution in [3.05, 3.63) is 45.5 Å². The zero-order valence-electron chi connectivity index (χ0n) is 16.1. The molecule has 148 valence electrons. The van der Waals surface area contributed by atoms with Gasteiger partial charge in [-0.25, -0.2) is 4.79 Å². The van der Waals surface area contributed by atoms with Crippen LogP contribution in [0.2, 0.25) is 0 Å². The second-order valence-corrected chi connectivity index (χ2v) is 6.75. The summed E-state index contributed by atoms with van der Waals surface area (Å²) in [4.78, 5) is 33.7. The highest BCUT2D eigenvalue weighted by atomic mass is 16.6. The van der Waals surface area contributed by atoms with Crippen molar-refractivity contribution in [3.8, 4) is 0 Å². The highest BCUT2D eigenvalue weighted by Gasteiger charge is 2.16. The molecule has 0 fully saturated rings. The largest absolute Gasteiger partial charge is 0.466 e. The molecule has 0 bridgehead atoms. The topological polar surface area (TPSA) is 108 Å². The summed E-state index contributed by atoms with van der Waals surface area (Å²) in [5.74, 6) is -0.313. The Morgan fingerprint density at radius 1 is 1.30 bits per heavy atom. The van der Waals surface area contributed by atoms with Gasteiger partial charge in [0.05, 0.1) is 17.1 Å². The van der Waals surface area contributed by atoms with E-state index in [1.54, 1.807) is 52.0 Å². The summed E-state index contributed by atoms with van der Waals surface area (Å²) in [5.41, 5.74) is 0.430. The molecule has 0 spiro atoms. The average Bonchev–Trinajstić information content (AvgIpc) is 2.55. The van der Waals surface area contributed by atoms with E-state index < -0.39 is 16.6 Å². The van der Waals surface area contributed by atoms with E-state index in [4.69, 9.17) is 9.47 Å². The Morgan fingerprint density at radius 2 is 2.00 bits per heavy atom. The number of nitro benzene ring substituents is 1. The molecule has 1 aromatic rings. The Kier molecular flexibility index (Phi) is 8.44. The van der Waals surface area contributed by atoms with Crippen molar-refractivity contribution in [3.63, 3.8) is 0 Å². The molecule has 1 amide bonds. The summed E-state index contributed by atoms with van der Waals surface area (Å²) < 4.78 is 9.99. The number of allylic oxidation sites excluding steroid dienone is 1. The van der Waals surface area contributed by atoms with Gasteiger partial charge in [0.25, 0.3) is 5.69 Å². The van der Waals surface area contributed by atoms with Gasteiger partial charge in [-0.3, -0.25) is 14.9 Å². The molecule has 1 aromatic carbocycles. The molecule has 0 heterocycles. The van der Waals surface area contributed by atoms with Crippen LogP contribution in [0.3, 0.4) is 0 Å². The molecular weight excluding hydrogens is 352 g/mol. The van der Waals surface area contributed by atoms with Gasteiger partial charge >= 0.3 is 12.1 Å². The minimum atomic E-state index is -0.605. The maximum atomic E-state index is 11.7. The number of nitrogens with one attached hydrogen (secondary N) is 1. The van der Waals surface area contributed by atoms with Crippen LogP contribution < -0.4 is 5.32 Å². The number of ether oxygens (including phenoxy) is 2. The Labute approximate surface area is 158 Å². The Morgan fingerprint density at radius 3 is 2.59 bits per heavy atom. The van der Waals surface area contributed by atoms with Crippen LogP contribution in [0.4, 0.5) is 10.5 Å². The molecule has 0 saturated heterocycles. The second-order valence-electron chi connectivity index (χ2n) is 6.75. The number of rotatable bonds is 8. The predicted molar refractivity (Wildman–Crippen MR) is 101 cm³/mol. The number of carbonyl (C=O) groups excluding carboxylic acids is 2. The quantitative estimate of drug-likeness (QED) is 0.416. The van der Waals surface area contributed by atoms with Gasteiger partial charge in [-0.05, 0) is 45.7 Å². The van der Waals surface area contributed by atoms with Gasteiger partial charge in [0.1, 0.15) is 5.60 Å². The number of hydrogen-bond donors (Lipinski definition) is 1. The van der Waals surface area contributed by atoms with Crippen molar-refractivity contribution < 1.29 is 24.0 Å². The summed E-state index contributed by atoms with van der Waals surface area (Å²) in [6.07, 6.45) is 3.33. The molecule has 0 aliphatic heterocycles. The molecule has 8 nitrogen and oxygen atoms in total. The van der Waals surface area contributed by atoms with Gasteiger partial charge < -0.3 is 14.8 Å². The molecule has 27 heavy (non-hydrogen) atoms. The van der Waals surface area contributed by atoms with E-state index in [0.717, 1.165) is 0 Å². The molecule has 0 atom stereocenters. The number of amides is 1. The summed E-state index contributed by atoms with van der Waals surface area (Å²) in [6.45, 7) is 7.51. The van der Waals surface area contributed by atoms with Crippen molar-refractivity contribution in [1.29, 1.82) is 0 Å². The van der Waals surface area contributed by atoms with E-state index in [1.807, 2.05) is 0 Å². The van der Waals surface area contributed by atoms with Gasteiger partial charge in [-0.1, -0.05) is 18.2 Å². The van der Waals surface area contributed by atoms with Gasteiger partial charge in [0.15, 0.2) is 0 Å². The monoisotopic (exact) mass is 378 g/mol. The van der Waals surface area contributed by atoms with Gasteiger partial charge in [0, 0.05) is 19.0 Å². The summed E-state index contributed by atoms with van der Waals surface area (Å²) in [6, 6.07) is 4.58. The average molecular weight is 378 g/mol. The van der Waals surface area contributed by atoms with E-state index in [0.29, 0.717) is 24.2 Å². The van der Waals surface area contributed by atoms with E-state index in [9.17, 15) is 19.7 Å². The highest BCUT2D eigenvalue weighted by Crippen LogP contribution is 2.22. The molecule has 1 N–H and O–H groups in total. The van der Waals surface area contributed by atoms with Gasteiger partial charge in [-0.2, -0.15) is 0 Å². The first-order valence-electron chi connectivity index (χ1n) is 8.68. The standard InChI is InChI=1S/C19H26N2O6/c1-5-26-17(22)9-7-6-8-15-12-14(10-11-16(15)21(24)25)13-20-18(23)27-19(2,3)4/h6,8,10-12H,5,7,9,13H2,1-4H3,(H,20,23). The molecule has 0 aromatic heterocycles. The molecule has 0 unspecified atom stereocenters. The Bertz CT molecular complexity index is 707. The van der Waals surface area contributed by atoms with Crippen LogP contribution in [0.5, 0.6) is 0 Å². The smallest absolute Gasteiger partial charge is 0.407 e. The molecule has 1 rings (SSSR count). The SMILES string of the molecule is CCOC(=O)CCC=Cc1cc(CNC(=O)OC(C)(C)C)ccc1[N+](=O)[O-]. The fraction of sp³-hybridized carbons (Fsp3) is 0.474. The van der Waals surface area contributed by atoms with Gasteiger partial charge in [-0.15, -0.1) is 0 Å². The van der Waals surface area contributed by atoms with Crippen LogP contribution in [0, 0.1) is 10.1 Å². The lowest BCUT2D eigenvalue weighted by Gasteiger charge is -2.19. The number of alkyl carbamates (subject to hydrolysis) is 1. The lowest BCUT2D eigenvalue weighted by atomic mass is 10.1. The number of esters is 1. The zero-order valence-corrected chi connectivity index (χ0v) is 16.1. The van der Waals surface area contributed by atoms with E-state index >= 15 is 0 Å². The highest BCUT2D eigenvalue weighted by molar-refractivity contribution is 5.70.